The van der Waals surface area contributed by atoms with Gasteiger partial charge in [0.05, 0.1) is 42.8 Å². The molecule has 1 aromatic heterocycles. The summed E-state index contributed by atoms with van der Waals surface area (Å²) in [5.41, 5.74) is 2.19. The lowest BCUT2D eigenvalue weighted by molar-refractivity contribution is -0.132. The number of methoxy groups -OCH3 is 1. The summed E-state index contributed by atoms with van der Waals surface area (Å²) >= 11 is 0. The predicted molar refractivity (Wildman–Crippen MR) is 152 cm³/mol. The van der Waals surface area contributed by atoms with Crippen LogP contribution in [0.4, 0.5) is 0 Å². The highest BCUT2D eigenvalue weighted by Crippen LogP contribution is 2.28. The van der Waals surface area contributed by atoms with Gasteiger partial charge in [-0.1, -0.05) is 36.4 Å². The Morgan fingerprint density at radius 1 is 0.949 bits per heavy atom. The third-order valence-electron chi connectivity index (χ3n) is 7.31. The van der Waals surface area contributed by atoms with E-state index in [2.05, 4.69) is 11.8 Å². The van der Waals surface area contributed by atoms with Crippen LogP contribution in [0.2, 0.25) is 0 Å². The Labute approximate surface area is 228 Å². The molecule has 202 valence electrons. The Kier molecular flexibility index (Phi) is 7.93. The van der Waals surface area contributed by atoms with Gasteiger partial charge in [-0.25, -0.2) is 4.98 Å². The summed E-state index contributed by atoms with van der Waals surface area (Å²) in [6, 6.07) is 22.5. The zero-order valence-corrected chi connectivity index (χ0v) is 22.7. The quantitative estimate of drug-likeness (QED) is 0.342. The summed E-state index contributed by atoms with van der Waals surface area (Å²) in [6.45, 7) is 7.10. The molecule has 0 radical (unpaired) electrons. The molecule has 1 aliphatic heterocycles. The molecule has 39 heavy (non-hydrogen) atoms. The van der Waals surface area contributed by atoms with E-state index in [0.29, 0.717) is 67.4 Å². The van der Waals surface area contributed by atoms with Gasteiger partial charge in [0.25, 0.3) is 5.56 Å². The molecule has 1 amide bonds. The number of nitrogens with zero attached hydrogens (tertiary/aromatic N) is 4. The Morgan fingerprint density at radius 3 is 2.36 bits per heavy atom. The van der Waals surface area contributed by atoms with Crippen molar-refractivity contribution in [1.29, 1.82) is 0 Å². The molecule has 1 atom stereocenters. The van der Waals surface area contributed by atoms with Crippen LogP contribution in [0.5, 0.6) is 11.5 Å². The summed E-state index contributed by atoms with van der Waals surface area (Å²) < 4.78 is 12.8. The second-order valence-corrected chi connectivity index (χ2v) is 9.65. The van der Waals surface area contributed by atoms with E-state index in [0.717, 1.165) is 11.3 Å². The largest absolute Gasteiger partial charge is 0.497 e. The van der Waals surface area contributed by atoms with Gasteiger partial charge in [0.2, 0.25) is 5.91 Å². The van der Waals surface area contributed by atoms with Crippen LogP contribution < -0.4 is 15.0 Å². The molecule has 0 aliphatic carbocycles. The van der Waals surface area contributed by atoms with Crippen molar-refractivity contribution < 1.29 is 14.3 Å². The van der Waals surface area contributed by atoms with E-state index >= 15 is 0 Å². The first kappa shape index (κ1) is 26.4. The highest BCUT2D eigenvalue weighted by Gasteiger charge is 2.28. The molecule has 3 aromatic carbocycles. The van der Waals surface area contributed by atoms with Crippen LogP contribution in [-0.4, -0.2) is 65.2 Å². The van der Waals surface area contributed by atoms with E-state index in [1.807, 2.05) is 84.6 Å². The number of benzene rings is 3. The van der Waals surface area contributed by atoms with Gasteiger partial charge in [-0.3, -0.25) is 19.1 Å². The maximum Gasteiger partial charge on any atom is 0.266 e. The number of carbonyl (C=O) groups excluding carboxylic acids is 1. The molecule has 1 unspecified atom stereocenters. The summed E-state index contributed by atoms with van der Waals surface area (Å²) in [6.07, 6.45) is 0.361. The first-order valence-corrected chi connectivity index (χ1v) is 13.4. The van der Waals surface area contributed by atoms with E-state index in [1.165, 1.54) is 0 Å². The lowest BCUT2D eigenvalue weighted by atomic mass is 10.1. The molecule has 4 aromatic rings. The van der Waals surface area contributed by atoms with E-state index in [-0.39, 0.29) is 17.5 Å². The zero-order chi connectivity index (χ0) is 27.4. The van der Waals surface area contributed by atoms with Crippen molar-refractivity contribution in [1.82, 2.24) is 19.4 Å². The number of amides is 1. The lowest BCUT2D eigenvalue weighted by Gasteiger charge is -2.38. The highest BCUT2D eigenvalue weighted by atomic mass is 16.5. The molecule has 1 saturated heterocycles. The monoisotopic (exact) mass is 526 g/mol. The SMILES string of the molecule is CCOc1ccccc1-n1c(C(C)N2CCN(C(=O)Cc3ccc(OC)cc3)CC2)nc2ccccc2c1=O. The molecule has 2 heterocycles. The molecule has 1 fully saturated rings. The minimum absolute atomic E-state index is 0.110. The second kappa shape index (κ2) is 11.7. The third-order valence-corrected chi connectivity index (χ3v) is 7.31. The zero-order valence-electron chi connectivity index (χ0n) is 22.7. The average molecular weight is 527 g/mol. The molecular formula is C31H34N4O4. The van der Waals surface area contributed by atoms with Crippen LogP contribution in [0.15, 0.2) is 77.6 Å². The number of hydrogen-bond acceptors (Lipinski definition) is 6. The fourth-order valence-electron chi connectivity index (χ4n) is 5.13. The highest BCUT2D eigenvalue weighted by molar-refractivity contribution is 5.79. The minimum atomic E-state index is -0.157. The Bertz CT molecular complexity index is 1510. The Balaban J connectivity index is 1.39. The van der Waals surface area contributed by atoms with Gasteiger partial charge in [0, 0.05) is 26.2 Å². The van der Waals surface area contributed by atoms with Crippen molar-refractivity contribution in [3.05, 3.63) is 94.5 Å². The maximum absolute atomic E-state index is 13.8. The number of rotatable bonds is 8. The van der Waals surface area contributed by atoms with E-state index in [9.17, 15) is 9.59 Å². The normalized spacial score (nSPS) is 14.8. The molecule has 0 N–H and O–H groups in total. The maximum atomic E-state index is 13.8. The summed E-state index contributed by atoms with van der Waals surface area (Å²) in [5, 5.41) is 0.564. The van der Waals surface area contributed by atoms with Crippen molar-refractivity contribution in [3.8, 4) is 17.2 Å². The molecule has 8 nitrogen and oxygen atoms in total. The van der Waals surface area contributed by atoms with Gasteiger partial charge >= 0.3 is 0 Å². The molecule has 0 bridgehead atoms. The minimum Gasteiger partial charge on any atom is -0.497 e. The smallest absolute Gasteiger partial charge is 0.266 e. The summed E-state index contributed by atoms with van der Waals surface area (Å²) in [5.74, 6) is 2.18. The Hall–Kier alpha value is -4.17. The van der Waals surface area contributed by atoms with Crippen molar-refractivity contribution >= 4 is 16.8 Å². The van der Waals surface area contributed by atoms with Gasteiger partial charge < -0.3 is 14.4 Å². The summed E-state index contributed by atoms with van der Waals surface area (Å²) in [7, 11) is 1.63. The van der Waals surface area contributed by atoms with Crippen LogP contribution in [0, 0.1) is 0 Å². The number of fused-ring (bicyclic) bond motifs is 1. The van der Waals surface area contributed by atoms with Crippen molar-refractivity contribution in [2.45, 2.75) is 26.3 Å². The van der Waals surface area contributed by atoms with Gasteiger partial charge in [-0.05, 0) is 55.8 Å². The van der Waals surface area contributed by atoms with Crippen LogP contribution in [0.25, 0.3) is 16.6 Å². The molecule has 0 saturated carbocycles. The molecule has 5 rings (SSSR count). The fraction of sp³-hybridized carbons (Fsp3) is 0.323. The van der Waals surface area contributed by atoms with Crippen LogP contribution >= 0.6 is 0 Å². The van der Waals surface area contributed by atoms with Crippen LogP contribution in [0.3, 0.4) is 0 Å². The molecule has 0 spiro atoms. The third kappa shape index (κ3) is 5.52. The van der Waals surface area contributed by atoms with Gasteiger partial charge in [-0.2, -0.15) is 0 Å². The van der Waals surface area contributed by atoms with Crippen molar-refractivity contribution in [2.75, 3.05) is 39.9 Å². The van der Waals surface area contributed by atoms with Crippen molar-refractivity contribution in [3.63, 3.8) is 0 Å². The lowest BCUT2D eigenvalue weighted by Crippen LogP contribution is -2.50. The van der Waals surface area contributed by atoms with Gasteiger partial charge in [0.1, 0.15) is 17.3 Å². The molecule has 1 aliphatic rings. The second-order valence-electron chi connectivity index (χ2n) is 9.65. The number of aromatic nitrogens is 2. The molecule has 8 heteroatoms. The van der Waals surface area contributed by atoms with Crippen LogP contribution in [-0.2, 0) is 11.2 Å². The van der Waals surface area contributed by atoms with Gasteiger partial charge in [0.15, 0.2) is 0 Å². The van der Waals surface area contributed by atoms with Crippen LogP contribution in [0.1, 0.15) is 31.3 Å². The number of para-hydroxylation sites is 3. The van der Waals surface area contributed by atoms with E-state index in [4.69, 9.17) is 14.5 Å². The number of carbonyl (C=O) groups is 1. The fourth-order valence-corrected chi connectivity index (χ4v) is 5.13. The first-order chi connectivity index (χ1) is 19.0. The number of ether oxygens (including phenoxy) is 2. The summed E-state index contributed by atoms with van der Waals surface area (Å²) in [4.78, 5) is 36.0. The predicted octanol–water partition coefficient (Wildman–Crippen LogP) is 4.24. The standard InChI is InChI=1S/C31H34N4O4/c1-4-39-28-12-8-7-11-27(28)35-30(32-26-10-6-5-9-25(26)31(35)37)22(2)33-17-19-34(20-18-33)29(36)21-23-13-15-24(38-3)16-14-23/h5-16,22H,4,17-21H2,1-3H3. The van der Waals surface area contributed by atoms with E-state index < -0.39 is 0 Å². The van der Waals surface area contributed by atoms with E-state index in [1.54, 1.807) is 11.7 Å². The number of piperazine rings is 1. The van der Waals surface area contributed by atoms with Crippen molar-refractivity contribution in [2.24, 2.45) is 0 Å². The first-order valence-electron chi connectivity index (χ1n) is 13.4. The van der Waals surface area contributed by atoms with Gasteiger partial charge in [-0.15, -0.1) is 0 Å². The number of hydrogen-bond donors (Lipinski definition) is 0. The topological polar surface area (TPSA) is 76.9 Å². The Morgan fingerprint density at radius 2 is 1.64 bits per heavy atom. The average Bonchev–Trinajstić information content (AvgIpc) is 2.98. The molecular weight excluding hydrogens is 492 g/mol.